The maximum atomic E-state index is 12.9. The third-order valence-corrected chi connectivity index (χ3v) is 18.4. The van der Waals surface area contributed by atoms with Crippen LogP contribution in [-0.2, 0) is 23.7 Å². The first-order valence-electron chi connectivity index (χ1n) is 30.1. The average molecular weight is 980 g/mol. The molecule has 1 N–H and O–H groups in total. The zero-order chi connectivity index (χ0) is 49.9. The fourth-order valence-corrected chi connectivity index (χ4v) is 14.2. The summed E-state index contributed by atoms with van der Waals surface area (Å²) in [6.07, 6.45) is 46.2. The molecule has 3 saturated carbocycles. The molecule has 1 saturated heterocycles. The van der Waals surface area contributed by atoms with Crippen molar-refractivity contribution in [2.24, 2.45) is 46.3 Å². The Morgan fingerprint density at radius 3 is 2.20 bits per heavy atom. The lowest BCUT2D eigenvalue weighted by molar-refractivity contribution is -0.0583. The number of allylic oxidation sites excluding steroid dienone is 5. The normalized spacial score (nSPS) is 28.8. The van der Waals surface area contributed by atoms with E-state index in [1.54, 1.807) is 5.57 Å². The Bertz CT molecular complexity index is 1500. The number of nitrogens with zero attached hydrogens (tertiary/aromatic N) is 1. The molecule has 0 spiro atoms. The van der Waals surface area contributed by atoms with E-state index in [0.717, 1.165) is 87.3 Å². The summed E-state index contributed by atoms with van der Waals surface area (Å²) >= 11 is 0. The Hall–Kier alpha value is -1.71. The molecule has 404 valence electrons. The highest BCUT2D eigenvalue weighted by Crippen LogP contribution is 2.67. The van der Waals surface area contributed by atoms with E-state index in [1.165, 1.54) is 141 Å². The van der Waals surface area contributed by atoms with Gasteiger partial charge in [0.1, 0.15) is 6.10 Å². The van der Waals surface area contributed by atoms with Crippen molar-refractivity contribution in [2.45, 2.75) is 240 Å². The molecule has 70 heavy (non-hydrogen) atoms. The molecular formula is C62H110N2O6. The number of fused-ring (bicyclic) bond motifs is 5. The monoisotopic (exact) mass is 979 g/mol. The predicted octanol–water partition coefficient (Wildman–Crippen LogP) is 15.6. The van der Waals surface area contributed by atoms with Crippen molar-refractivity contribution in [2.75, 3.05) is 65.9 Å². The molecule has 1 aliphatic heterocycles. The molecule has 1 amide bonds. The first-order valence-corrected chi connectivity index (χ1v) is 30.1. The van der Waals surface area contributed by atoms with E-state index in [0.29, 0.717) is 57.6 Å². The Morgan fingerprint density at radius 2 is 1.47 bits per heavy atom. The van der Waals surface area contributed by atoms with Gasteiger partial charge in [0, 0.05) is 32.2 Å². The molecule has 4 fully saturated rings. The number of hydrogen-bond acceptors (Lipinski definition) is 7. The van der Waals surface area contributed by atoms with Gasteiger partial charge in [-0.05, 0) is 156 Å². The minimum absolute atomic E-state index is 0.0374. The van der Waals surface area contributed by atoms with E-state index >= 15 is 0 Å². The quantitative estimate of drug-likeness (QED) is 0.0491. The van der Waals surface area contributed by atoms with Gasteiger partial charge < -0.3 is 29.0 Å². The van der Waals surface area contributed by atoms with Crippen LogP contribution in [0.2, 0.25) is 0 Å². The zero-order valence-corrected chi connectivity index (χ0v) is 46.6. The summed E-state index contributed by atoms with van der Waals surface area (Å²) in [4.78, 5) is 15.4. The molecule has 8 heteroatoms. The van der Waals surface area contributed by atoms with Gasteiger partial charge in [0.05, 0.1) is 45.7 Å². The van der Waals surface area contributed by atoms with E-state index in [2.05, 4.69) is 89.1 Å². The lowest BCUT2D eigenvalue weighted by Crippen LogP contribution is -2.51. The molecule has 0 aromatic rings. The number of nitrogens with one attached hydrogen (secondary N) is 1. The second-order valence-electron chi connectivity index (χ2n) is 24.1. The topological polar surface area (TPSA) is 78.5 Å². The molecule has 1 heterocycles. The van der Waals surface area contributed by atoms with Crippen LogP contribution in [0.1, 0.15) is 222 Å². The number of carbonyl (C=O) groups is 1. The summed E-state index contributed by atoms with van der Waals surface area (Å²) in [5.41, 5.74) is 2.34. The van der Waals surface area contributed by atoms with Gasteiger partial charge in [0.25, 0.3) is 0 Å². The van der Waals surface area contributed by atoms with E-state index < -0.39 is 0 Å². The number of carbonyl (C=O) groups excluding carboxylic acids is 1. The first-order chi connectivity index (χ1) is 34.0. The second-order valence-corrected chi connectivity index (χ2v) is 24.1. The molecule has 8 nitrogen and oxygen atoms in total. The Balaban J connectivity index is 0.854. The first kappa shape index (κ1) is 59.2. The molecule has 0 aromatic carbocycles. The van der Waals surface area contributed by atoms with Gasteiger partial charge >= 0.3 is 6.09 Å². The molecule has 5 rings (SSSR count). The van der Waals surface area contributed by atoms with Crippen LogP contribution in [0.25, 0.3) is 0 Å². The van der Waals surface area contributed by atoms with Crippen molar-refractivity contribution in [1.82, 2.24) is 10.2 Å². The van der Waals surface area contributed by atoms with Crippen LogP contribution in [-0.4, -0.2) is 95.1 Å². The van der Waals surface area contributed by atoms with Crippen molar-refractivity contribution >= 4 is 6.09 Å². The van der Waals surface area contributed by atoms with Crippen molar-refractivity contribution in [3.05, 3.63) is 36.0 Å². The number of hydrogen-bond donors (Lipinski definition) is 1. The van der Waals surface area contributed by atoms with Crippen molar-refractivity contribution < 1.29 is 28.5 Å². The zero-order valence-electron chi connectivity index (χ0n) is 46.6. The van der Waals surface area contributed by atoms with Gasteiger partial charge in [-0.15, -0.1) is 0 Å². The molecule has 0 radical (unpaired) electrons. The van der Waals surface area contributed by atoms with Gasteiger partial charge in [-0.2, -0.15) is 0 Å². The van der Waals surface area contributed by atoms with Gasteiger partial charge in [-0.3, -0.25) is 4.90 Å². The molecule has 0 bridgehead atoms. The van der Waals surface area contributed by atoms with Crippen molar-refractivity contribution in [3.63, 3.8) is 0 Å². The lowest BCUT2D eigenvalue weighted by Gasteiger charge is -2.58. The largest absolute Gasteiger partial charge is 0.446 e. The summed E-state index contributed by atoms with van der Waals surface area (Å²) in [7, 11) is 0. The van der Waals surface area contributed by atoms with E-state index in [4.69, 9.17) is 23.7 Å². The number of ether oxygens (including phenoxy) is 5. The summed E-state index contributed by atoms with van der Waals surface area (Å²) < 4.78 is 30.2. The molecule has 10 atom stereocenters. The Labute approximate surface area is 431 Å². The number of alkyl carbamates (subject to hydrolysis) is 1. The number of likely N-dealkylation sites (tertiary alicyclic amines) is 1. The lowest BCUT2D eigenvalue weighted by atomic mass is 9.47. The predicted molar refractivity (Wildman–Crippen MR) is 292 cm³/mol. The van der Waals surface area contributed by atoms with Crippen LogP contribution in [0, 0.1) is 46.3 Å². The Kier molecular flexibility index (Phi) is 28.1. The average Bonchev–Trinajstić information content (AvgIpc) is 3.92. The fraction of sp³-hybridized carbons (Fsp3) is 0.887. The minimum Gasteiger partial charge on any atom is -0.446 e. The van der Waals surface area contributed by atoms with Gasteiger partial charge in [-0.25, -0.2) is 4.79 Å². The molecule has 2 unspecified atom stereocenters. The summed E-state index contributed by atoms with van der Waals surface area (Å²) in [6, 6.07) is 0.609. The standard InChI is InChI=1S/C62H110N2O6/c1-8-9-10-11-12-13-14-15-16-17-18-19-20-21-22-23-24-25-41-68-49-55(48-64-40-27-30-52(64)5)69-46-45-67-44-43-66-42-39-63-60(65)70-54-35-37-61(6)53(47-54)31-32-56-58-34-33-57(51(4)29-26-28-50(2)3)62(58,7)38-36-59(56)61/h12-13,15-16,31,50-52,54-59H,8-11,14,17-30,32-49H2,1-7H3,(H,63,65)/b13-12-,16-15-/t51-,52?,54+,55?,56+,57-,58+,59+,61+,62-/m1/s1. The van der Waals surface area contributed by atoms with Crippen molar-refractivity contribution in [1.29, 1.82) is 0 Å². The van der Waals surface area contributed by atoms with E-state index in [1.807, 2.05) is 0 Å². The van der Waals surface area contributed by atoms with Crippen molar-refractivity contribution in [3.8, 4) is 0 Å². The molecule has 4 aliphatic carbocycles. The second kappa shape index (κ2) is 33.3. The maximum Gasteiger partial charge on any atom is 0.407 e. The highest BCUT2D eigenvalue weighted by Gasteiger charge is 2.59. The van der Waals surface area contributed by atoms with Crippen LogP contribution in [0.15, 0.2) is 36.0 Å². The summed E-state index contributed by atoms with van der Waals surface area (Å²) in [5, 5.41) is 2.94. The molecule has 0 aromatic heterocycles. The molecular weight excluding hydrogens is 869 g/mol. The van der Waals surface area contributed by atoms with Crippen LogP contribution < -0.4 is 5.32 Å². The van der Waals surface area contributed by atoms with E-state index in [-0.39, 0.29) is 23.7 Å². The molecule has 5 aliphatic rings. The van der Waals surface area contributed by atoms with Gasteiger partial charge in [0.2, 0.25) is 0 Å². The number of amides is 1. The highest BCUT2D eigenvalue weighted by molar-refractivity contribution is 5.67. The highest BCUT2D eigenvalue weighted by atomic mass is 16.6. The summed E-state index contributed by atoms with van der Waals surface area (Å²) in [5.74, 6) is 5.03. The van der Waals surface area contributed by atoms with Crippen LogP contribution in [0.4, 0.5) is 4.79 Å². The van der Waals surface area contributed by atoms with Gasteiger partial charge in [0.15, 0.2) is 0 Å². The van der Waals surface area contributed by atoms with Crippen LogP contribution in [0.3, 0.4) is 0 Å². The Morgan fingerprint density at radius 1 is 0.757 bits per heavy atom. The summed E-state index contributed by atoms with van der Waals surface area (Å²) in [6.45, 7) is 23.6. The number of rotatable bonds is 37. The third kappa shape index (κ3) is 19.9. The SMILES string of the molecule is CCCCC/C=C\C/C=C\CCCCCCCCCCOCC(CN1CCCC1C)OCCOCCOCCNC(=O)O[C@H]1CC[C@@]2(C)C(=CC[C@H]3[C@@H]4CC[C@H]([C@H](C)CCCC(C)C)[C@@]4(C)CC[C@@H]32)C1. The smallest absolute Gasteiger partial charge is 0.407 e. The maximum absolute atomic E-state index is 12.9. The minimum atomic E-state index is -0.317. The third-order valence-electron chi connectivity index (χ3n) is 18.4. The fourth-order valence-electron chi connectivity index (χ4n) is 14.2. The van der Waals surface area contributed by atoms with Gasteiger partial charge in [-0.1, -0.05) is 148 Å². The van der Waals surface area contributed by atoms with Crippen LogP contribution >= 0.6 is 0 Å². The van der Waals surface area contributed by atoms with Crippen LogP contribution in [0.5, 0.6) is 0 Å². The van der Waals surface area contributed by atoms with E-state index in [9.17, 15) is 4.79 Å². The number of unbranched alkanes of at least 4 members (excludes halogenated alkanes) is 11.